The molecule has 0 N–H and O–H groups in total. The summed E-state index contributed by atoms with van der Waals surface area (Å²) >= 11 is 0. The Hall–Kier alpha value is -4.47. The minimum absolute atomic E-state index is 0.196. The maximum Gasteiger partial charge on any atom is 0.390 e. The lowest BCUT2D eigenvalue weighted by atomic mass is 10.0. The number of imidazole rings is 1. The third kappa shape index (κ3) is 4.65. The predicted molar refractivity (Wildman–Crippen MR) is 117 cm³/mol. The van der Waals surface area contributed by atoms with Crippen LogP contribution in [0.3, 0.4) is 0 Å². The Kier molecular flexibility index (Phi) is 6.39. The van der Waals surface area contributed by atoms with Crippen molar-refractivity contribution in [2.24, 2.45) is 4.99 Å². The number of nitrogens with zero attached hydrogens (tertiary/aromatic N) is 3. The zero-order chi connectivity index (χ0) is 24.2. The van der Waals surface area contributed by atoms with E-state index in [-0.39, 0.29) is 28.5 Å². The molecule has 10 heteroatoms. The highest BCUT2D eigenvalue weighted by Gasteiger charge is 2.19. The van der Waals surface area contributed by atoms with Gasteiger partial charge in [-0.05, 0) is 24.3 Å². The number of fused-ring (bicyclic) bond motifs is 1. The molecule has 7 nitrogen and oxygen atoms in total. The van der Waals surface area contributed by atoms with Gasteiger partial charge in [0.15, 0.2) is 11.6 Å². The van der Waals surface area contributed by atoms with Crippen LogP contribution in [0.2, 0.25) is 0 Å². The van der Waals surface area contributed by atoms with Crippen LogP contribution in [0.25, 0.3) is 16.9 Å². The molecule has 0 bridgehead atoms. The maximum atomic E-state index is 13.9. The standard InChI is InChI=1S/C24H16F3N3O4/c1-33-22(32)16-9-7-14(8-10-16)19-21(29-24(27)34-23(25)26)28-18-12-11-17(13-30(18)19)20(31)15-5-3-2-4-6-15/h2-13,23H,1H3/b29-24-. The van der Waals surface area contributed by atoms with Crippen molar-refractivity contribution in [1.82, 2.24) is 9.38 Å². The Morgan fingerprint density at radius 1 is 0.941 bits per heavy atom. The van der Waals surface area contributed by atoms with Gasteiger partial charge in [-0.25, -0.2) is 9.78 Å². The van der Waals surface area contributed by atoms with E-state index in [0.29, 0.717) is 16.7 Å². The molecule has 0 fully saturated rings. The first-order valence-corrected chi connectivity index (χ1v) is 9.87. The van der Waals surface area contributed by atoms with Gasteiger partial charge in [0.05, 0.1) is 18.4 Å². The third-order valence-electron chi connectivity index (χ3n) is 4.86. The van der Waals surface area contributed by atoms with Crippen LogP contribution in [0.4, 0.5) is 19.0 Å². The smallest absolute Gasteiger partial charge is 0.390 e. The third-order valence-corrected chi connectivity index (χ3v) is 4.86. The average Bonchev–Trinajstić information content (AvgIpc) is 3.19. The predicted octanol–water partition coefficient (Wildman–Crippen LogP) is 5.22. The SMILES string of the molecule is COC(=O)c1ccc(-c2c(/N=C(/F)OC(F)F)nc3ccc(C(=O)c4ccccc4)cn23)cc1. The van der Waals surface area contributed by atoms with E-state index >= 15 is 0 Å². The van der Waals surface area contributed by atoms with E-state index in [2.05, 4.69) is 19.5 Å². The number of aromatic nitrogens is 2. The second kappa shape index (κ2) is 9.57. The second-order valence-corrected chi connectivity index (χ2v) is 6.94. The number of alkyl halides is 2. The van der Waals surface area contributed by atoms with Crippen LogP contribution in [0, 0.1) is 0 Å². The van der Waals surface area contributed by atoms with Gasteiger partial charge in [0, 0.05) is 22.9 Å². The van der Waals surface area contributed by atoms with Crippen LogP contribution in [0.15, 0.2) is 77.9 Å². The number of carbonyl (C=O) groups excluding carboxylic acids is 2. The van der Waals surface area contributed by atoms with Gasteiger partial charge in [-0.15, -0.1) is 4.39 Å². The minimum atomic E-state index is -3.40. The van der Waals surface area contributed by atoms with Gasteiger partial charge < -0.3 is 9.47 Å². The van der Waals surface area contributed by atoms with E-state index in [1.165, 1.54) is 48.0 Å². The Morgan fingerprint density at radius 2 is 1.62 bits per heavy atom. The van der Waals surface area contributed by atoms with Gasteiger partial charge in [0.25, 0.3) is 0 Å². The summed E-state index contributed by atoms with van der Waals surface area (Å²) in [5.41, 5.74) is 1.93. The van der Waals surface area contributed by atoms with E-state index in [4.69, 9.17) is 0 Å². The molecule has 34 heavy (non-hydrogen) atoms. The number of benzene rings is 2. The minimum Gasteiger partial charge on any atom is -0.465 e. The lowest BCUT2D eigenvalue weighted by molar-refractivity contribution is -0.0688. The quantitative estimate of drug-likeness (QED) is 0.168. The van der Waals surface area contributed by atoms with Crippen LogP contribution >= 0.6 is 0 Å². The molecular formula is C24H16F3N3O4. The normalized spacial score (nSPS) is 11.6. The van der Waals surface area contributed by atoms with Gasteiger partial charge in [0.2, 0.25) is 0 Å². The molecule has 0 spiro atoms. The fraction of sp³-hybridized carbons (Fsp3) is 0.0833. The molecule has 0 saturated carbocycles. The fourth-order valence-corrected chi connectivity index (χ4v) is 3.33. The highest BCUT2D eigenvalue weighted by Crippen LogP contribution is 2.32. The van der Waals surface area contributed by atoms with Crippen molar-refractivity contribution in [3.8, 4) is 11.3 Å². The molecule has 172 valence electrons. The van der Waals surface area contributed by atoms with Crippen molar-refractivity contribution in [2.45, 2.75) is 6.61 Å². The van der Waals surface area contributed by atoms with E-state index < -0.39 is 18.7 Å². The Labute approximate surface area is 191 Å². The number of aliphatic imine (C=N–C) groups is 1. The zero-order valence-electron chi connectivity index (χ0n) is 17.6. The number of rotatable bonds is 6. The summed E-state index contributed by atoms with van der Waals surface area (Å²) in [6, 6.07) is 17.7. The lowest BCUT2D eigenvalue weighted by Crippen LogP contribution is -2.04. The molecule has 0 saturated heterocycles. The van der Waals surface area contributed by atoms with Gasteiger partial charge in [-0.2, -0.15) is 13.8 Å². The first-order valence-electron chi connectivity index (χ1n) is 9.87. The summed E-state index contributed by atoms with van der Waals surface area (Å²) in [6.07, 6.45) is -0.280. The van der Waals surface area contributed by atoms with Crippen LogP contribution in [-0.4, -0.2) is 41.0 Å². The van der Waals surface area contributed by atoms with Crippen molar-refractivity contribution in [3.05, 3.63) is 89.6 Å². The lowest BCUT2D eigenvalue weighted by Gasteiger charge is -2.07. The number of pyridine rings is 1. The molecule has 0 radical (unpaired) electrons. The first kappa shape index (κ1) is 22.7. The molecule has 0 aliphatic heterocycles. The first-order chi connectivity index (χ1) is 16.4. The molecule has 2 heterocycles. The molecule has 2 aromatic carbocycles. The summed E-state index contributed by atoms with van der Waals surface area (Å²) in [5.74, 6) is -1.08. The highest BCUT2D eigenvalue weighted by molar-refractivity contribution is 6.09. The van der Waals surface area contributed by atoms with Gasteiger partial charge in [-0.3, -0.25) is 9.20 Å². The Morgan fingerprint density at radius 3 is 2.26 bits per heavy atom. The number of hydrogen-bond donors (Lipinski definition) is 0. The average molecular weight is 467 g/mol. The summed E-state index contributed by atoms with van der Waals surface area (Å²) in [5, 5.41) is 0. The van der Waals surface area contributed by atoms with Crippen molar-refractivity contribution in [3.63, 3.8) is 0 Å². The van der Waals surface area contributed by atoms with Gasteiger partial charge >= 0.3 is 18.7 Å². The number of esters is 1. The van der Waals surface area contributed by atoms with Crippen LogP contribution in [0.5, 0.6) is 0 Å². The summed E-state index contributed by atoms with van der Waals surface area (Å²) in [6.45, 7) is -3.40. The number of carbonyl (C=O) groups is 2. The number of ether oxygens (including phenoxy) is 2. The van der Waals surface area contributed by atoms with Gasteiger partial charge in [0.1, 0.15) is 5.65 Å². The number of methoxy groups -OCH3 is 1. The molecule has 0 unspecified atom stereocenters. The Bertz CT molecular complexity index is 1380. The molecule has 0 aliphatic carbocycles. The largest absolute Gasteiger partial charge is 0.465 e. The Balaban J connectivity index is 1.87. The summed E-state index contributed by atoms with van der Waals surface area (Å²) < 4.78 is 48.6. The molecule has 0 aliphatic rings. The van der Waals surface area contributed by atoms with E-state index in [0.717, 1.165) is 0 Å². The van der Waals surface area contributed by atoms with Crippen LogP contribution in [-0.2, 0) is 9.47 Å². The molecular weight excluding hydrogens is 451 g/mol. The molecule has 2 aromatic heterocycles. The molecule has 4 aromatic rings. The second-order valence-electron chi connectivity index (χ2n) is 6.94. The number of ketones is 1. The van der Waals surface area contributed by atoms with E-state index in [1.807, 2.05) is 0 Å². The zero-order valence-corrected chi connectivity index (χ0v) is 17.6. The number of halogens is 3. The van der Waals surface area contributed by atoms with Crippen molar-refractivity contribution in [2.75, 3.05) is 7.11 Å². The van der Waals surface area contributed by atoms with Crippen LogP contribution < -0.4 is 0 Å². The van der Waals surface area contributed by atoms with Crippen molar-refractivity contribution in [1.29, 1.82) is 0 Å². The van der Waals surface area contributed by atoms with E-state index in [1.54, 1.807) is 36.4 Å². The summed E-state index contributed by atoms with van der Waals surface area (Å²) in [7, 11) is 1.24. The number of hydrogen-bond acceptors (Lipinski definition) is 6. The molecule has 0 amide bonds. The van der Waals surface area contributed by atoms with Gasteiger partial charge in [-0.1, -0.05) is 42.5 Å². The molecule has 0 atom stereocenters. The van der Waals surface area contributed by atoms with Crippen LogP contribution in [0.1, 0.15) is 26.3 Å². The molecule has 4 rings (SSSR count). The maximum absolute atomic E-state index is 13.9. The monoisotopic (exact) mass is 467 g/mol. The van der Waals surface area contributed by atoms with Crippen molar-refractivity contribution >= 4 is 29.4 Å². The highest BCUT2D eigenvalue weighted by atomic mass is 19.3. The van der Waals surface area contributed by atoms with Crippen molar-refractivity contribution < 1.29 is 32.2 Å². The van der Waals surface area contributed by atoms with E-state index in [9.17, 15) is 22.8 Å². The summed E-state index contributed by atoms with van der Waals surface area (Å²) in [4.78, 5) is 32.3. The topological polar surface area (TPSA) is 82.3 Å². The fourth-order valence-electron chi connectivity index (χ4n) is 3.33.